The highest BCUT2D eigenvalue weighted by Gasteiger charge is 2.23. The van der Waals surface area contributed by atoms with Crippen LogP contribution in [0.15, 0.2) is 12.1 Å². The van der Waals surface area contributed by atoms with Crippen LogP contribution in [0.2, 0.25) is 5.02 Å². The summed E-state index contributed by atoms with van der Waals surface area (Å²) < 4.78 is 11.5. The average molecular weight is 296 g/mol. The maximum atomic E-state index is 6.17. The van der Waals surface area contributed by atoms with Gasteiger partial charge in [0.15, 0.2) is 11.5 Å². The van der Waals surface area contributed by atoms with Crippen molar-refractivity contribution in [1.82, 2.24) is 5.32 Å². The van der Waals surface area contributed by atoms with Gasteiger partial charge >= 0.3 is 0 Å². The second-order valence-corrected chi connectivity index (χ2v) is 6.30. The van der Waals surface area contributed by atoms with Crippen molar-refractivity contribution in [2.75, 3.05) is 13.7 Å². The van der Waals surface area contributed by atoms with E-state index in [9.17, 15) is 0 Å². The fourth-order valence-electron chi connectivity index (χ4n) is 2.47. The Morgan fingerprint density at radius 1 is 1.25 bits per heavy atom. The fourth-order valence-corrected chi connectivity index (χ4v) is 2.70. The highest BCUT2D eigenvalue weighted by atomic mass is 35.5. The number of ether oxygens (including phenoxy) is 2. The predicted molar refractivity (Wildman–Crippen MR) is 80.7 cm³/mol. The van der Waals surface area contributed by atoms with E-state index in [0.717, 1.165) is 30.2 Å². The molecular weight excluding hydrogens is 274 g/mol. The standard InChI is InChI=1S/C16H22ClNO2/c1-19-15-8-13(17)7-12(9-18-14-5-6-14)16(15)20-10-11-3-2-4-11/h7-8,11,14,18H,2-6,9-10H2,1H3. The Kier molecular flexibility index (Phi) is 4.37. The van der Waals surface area contributed by atoms with Crippen LogP contribution in [-0.4, -0.2) is 19.8 Å². The predicted octanol–water partition coefficient (Wildman–Crippen LogP) is 3.78. The van der Waals surface area contributed by atoms with Crippen molar-refractivity contribution in [2.24, 2.45) is 5.92 Å². The van der Waals surface area contributed by atoms with E-state index in [1.807, 2.05) is 12.1 Å². The first-order valence-electron chi connectivity index (χ1n) is 7.49. The Morgan fingerprint density at radius 3 is 2.65 bits per heavy atom. The molecule has 0 aliphatic heterocycles. The third kappa shape index (κ3) is 3.39. The second-order valence-electron chi connectivity index (χ2n) is 5.86. The van der Waals surface area contributed by atoms with Gasteiger partial charge in [0.2, 0.25) is 0 Å². The number of nitrogens with one attached hydrogen (secondary N) is 1. The first-order valence-corrected chi connectivity index (χ1v) is 7.86. The topological polar surface area (TPSA) is 30.5 Å². The molecule has 2 saturated carbocycles. The largest absolute Gasteiger partial charge is 0.493 e. The molecule has 2 fully saturated rings. The van der Waals surface area contributed by atoms with Gasteiger partial charge < -0.3 is 14.8 Å². The van der Waals surface area contributed by atoms with E-state index in [-0.39, 0.29) is 0 Å². The van der Waals surface area contributed by atoms with Gasteiger partial charge in [-0.05, 0) is 37.7 Å². The number of benzene rings is 1. The second kappa shape index (κ2) is 6.23. The molecule has 0 bridgehead atoms. The van der Waals surface area contributed by atoms with Crippen LogP contribution in [-0.2, 0) is 6.54 Å². The van der Waals surface area contributed by atoms with Crippen molar-refractivity contribution < 1.29 is 9.47 Å². The van der Waals surface area contributed by atoms with Gasteiger partial charge in [0.25, 0.3) is 0 Å². The van der Waals surface area contributed by atoms with Crippen LogP contribution >= 0.6 is 11.6 Å². The zero-order chi connectivity index (χ0) is 13.9. The summed E-state index contributed by atoms with van der Waals surface area (Å²) >= 11 is 6.17. The molecule has 0 unspecified atom stereocenters. The lowest BCUT2D eigenvalue weighted by Gasteiger charge is -2.26. The molecule has 4 heteroatoms. The monoisotopic (exact) mass is 295 g/mol. The Morgan fingerprint density at radius 2 is 2.05 bits per heavy atom. The summed E-state index contributed by atoms with van der Waals surface area (Å²) in [5, 5.41) is 4.21. The van der Waals surface area contributed by atoms with E-state index in [4.69, 9.17) is 21.1 Å². The van der Waals surface area contributed by atoms with Gasteiger partial charge in [0, 0.05) is 29.2 Å². The van der Waals surface area contributed by atoms with Crippen molar-refractivity contribution in [1.29, 1.82) is 0 Å². The summed E-state index contributed by atoms with van der Waals surface area (Å²) in [6, 6.07) is 4.48. The number of hydrogen-bond donors (Lipinski definition) is 1. The molecule has 0 heterocycles. The minimum absolute atomic E-state index is 0.666. The van der Waals surface area contributed by atoms with Gasteiger partial charge in [0.05, 0.1) is 13.7 Å². The maximum absolute atomic E-state index is 6.17. The van der Waals surface area contributed by atoms with Crippen LogP contribution in [0.3, 0.4) is 0 Å². The van der Waals surface area contributed by atoms with Crippen LogP contribution < -0.4 is 14.8 Å². The van der Waals surface area contributed by atoms with E-state index >= 15 is 0 Å². The quantitative estimate of drug-likeness (QED) is 0.830. The highest BCUT2D eigenvalue weighted by molar-refractivity contribution is 6.30. The minimum Gasteiger partial charge on any atom is -0.493 e. The third-order valence-corrected chi connectivity index (χ3v) is 4.38. The van der Waals surface area contributed by atoms with Gasteiger partial charge in [-0.2, -0.15) is 0 Å². The lowest BCUT2D eigenvalue weighted by Crippen LogP contribution is -2.21. The lowest BCUT2D eigenvalue weighted by atomic mass is 9.86. The van der Waals surface area contributed by atoms with E-state index < -0.39 is 0 Å². The first kappa shape index (κ1) is 14.0. The van der Waals surface area contributed by atoms with Gasteiger partial charge in [-0.15, -0.1) is 0 Å². The Hall–Kier alpha value is -0.930. The van der Waals surface area contributed by atoms with Crippen molar-refractivity contribution in [3.8, 4) is 11.5 Å². The van der Waals surface area contributed by atoms with E-state index in [2.05, 4.69) is 5.32 Å². The lowest BCUT2D eigenvalue weighted by molar-refractivity contribution is 0.174. The Labute approximate surface area is 125 Å². The molecule has 0 atom stereocenters. The molecule has 2 aliphatic carbocycles. The third-order valence-electron chi connectivity index (χ3n) is 4.16. The van der Waals surface area contributed by atoms with Crippen molar-refractivity contribution >= 4 is 11.6 Å². The normalized spacial score (nSPS) is 18.7. The van der Waals surface area contributed by atoms with Crippen molar-refractivity contribution in [2.45, 2.75) is 44.7 Å². The first-order chi connectivity index (χ1) is 9.76. The SMILES string of the molecule is COc1cc(Cl)cc(CNC2CC2)c1OCC1CCC1. The minimum atomic E-state index is 0.666. The Balaban J connectivity index is 1.73. The molecular formula is C16H22ClNO2. The molecule has 1 aromatic rings. The van der Waals surface area contributed by atoms with Gasteiger partial charge in [0.1, 0.15) is 0 Å². The summed E-state index contributed by atoms with van der Waals surface area (Å²) in [6.07, 6.45) is 6.45. The Bertz CT molecular complexity index is 470. The van der Waals surface area contributed by atoms with Crippen LogP contribution in [0.5, 0.6) is 11.5 Å². The number of rotatable bonds is 7. The summed E-state index contributed by atoms with van der Waals surface area (Å²) in [4.78, 5) is 0. The number of hydrogen-bond acceptors (Lipinski definition) is 3. The highest BCUT2D eigenvalue weighted by Crippen LogP contribution is 2.37. The van der Waals surface area contributed by atoms with Crippen molar-refractivity contribution in [3.63, 3.8) is 0 Å². The van der Waals surface area contributed by atoms with Gasteiger partial charge in [-0.3, -0.25) is 0 Å². The van der Waals surface area contributed by atoms with Gasteiger partial charge in [-0.25, -0.2) is 0 Å². The average Bonchev–Trinajstić information content (AvgIpc) is 3.19. The molecule has 1 aromatic carbocycles. The molecule has 0 amide bonds. The van der Waals surface area contributed by atoms with Gasteiger partial charge in [-0.1, -0.05) is 18.0 Å². The van der Waals surface area contributed by atoms with Crippen molar-refractivity contribution in [3.05, 3.63) is 22.7 Å². The molecule has 0 spiro atoms. The molecule has 0 saturated heterocycles. The van der Waals surface area contributed by atoms with Crippen LogP contribution in [0, 0.1) is 5.92 Å². The van der Waals surface area contributed by atoms with Crippen LogP contribution in [0.1, 0.15) is 37.7 Å². The maximum Gasteiger partial charge on any atom is 0.165 e. The molecule has 2 aliphatic rings. The smallest absolute Gasteiger partial charge is 0.165 e. The van der Waals surface area contributed by atoms with E-state index in [1.165, 1.54) is 32.1 Å². The molecule has 110 valence electrons. The summed E-state index contributed by atoms with van der Waals surface area (Å²) in [5.41, 5.74) is 1.10. The molecule has 0 aromatic heterocycles. The summed E-state index contributed by atoms with van der Waals surface area (Å²) in [5.74, 6) is 2.31. The molecule has 0 radical (unpaired) electrons. The summed E-state index contributed by atoms with van der Waals surface area (Å²) in [7, 11) is 1.67. The van der Waals surface area contributed by atoms with Crippen LogP contribution in [0.4, 0.5) is 0 Å². The summed E-state index contributed by atoms with van der Waals surface area (Å²) in [6.45, 7) is 1.58. The van der Waals surface area contributed by atoms with E-state index in [0.29, 0.717) is 17.0 Å². The molecule has 1 N–H and O–H groups in total. The zero-order valence-electron chi connectivity index (χ0n) is 12.0. The number of methoxy groups -OCH3 is 1. The zero-order valence-corrected chi connectivity index (χ0v) is 12.7. The molecule has 20 heavy (non-hydrogen) atoms. The van der Waals surface area contributed by atoms with E-state index in [1.54, 1.807) is 7.11 Å². The van der Waals surface area contributed by atoms with Crippen LogP contribution in [0.25, 0.3) is 0 Å². The number of halogens is 1. The molecule has 3 rings (SSSR count). The fraction of sp³-hybridized carbons (Fsp3) is 0.625. The molecule has 3 nitrogen and oxygen atoms in total.